The number of hydrogen-bond acceptors (Lipinski definition) is 4. The van der Waals surface area contributed by atoms with Gasteiger partial charge in [0.05, 0.1) is 17.4 Å². The number of aryl methyl sites for hydroxylation is 1. The van der Waals surface area contributed by atoms with E-state index in [1.807, 2.05) is 34.7 Å². The zero-order valence-electron chi connectivity index (χ0n) is 14.5. The molecule has 1 aromatic carbocycles. The molecular weight excluding hydrogens is 332 g/mol. The number of aromatic nitrogens is 4. The Bertz CT molecular complexity index is 989. The second-order valence-electron chi connectivity index (χ2n) is 6.72. The van der Waals surface area contributed by atoms with E-state index in [0.29, 0.717) is 18.7 Å². The zero-order chi connectivity index (χ0) is 18.3. The number of nitrogens with zero attached hydrogens (tertiary/aromatic N) is 4. The molecule has 8 heteroatoms. The van der Waals surface area contributed by atoms with E-state index in [2.05, 4.69) is 15.2 Å². The Morgan fingerprint density at radius 1 is 1.31 bits per heavy atom. The number of likely N-dealkylation sites (tertiary alicyclic amines) is 1. The summed E-state index contributed by atoms with van der Waals surface area (Å²) in [5.74, 6) is -0.441. The van der Waals surface area contributed by atoms with Crippen LogP contribution in [0.2, 0.25) is 0 Å². The predicted molar refractivity (Wildman–Crippen MR) is 95.7 cm³/mol. The number of H-pyrrole nitrogens is 1. The van der Waals surface area contributed by atoms with Crippen LogP contribution in [-0.4, -0.2) is 49.6 Å². The lowest BCUT2D eigenvalue weighted by Gasteiger charge is -2.32. The van der Waals surface area contributed by atoms with Crippen molar-refractivity contribution >= 4 is 22.8 Å². The first-order chi connectivity index (χ1) is 12.5. The molecule has 1 aliphatic heterocycles. The number of carbonyl (C=O) groups is 2. The van der Waals surface area contributed by atoms with E-state index in [0.717, 1.165) is 29.6 Å². The van der Waals surface area contributed by atoms with E-state index < -0.39 is 5.91 Å². The van der Waals surface area contributed by atoms with E-state index in [1.54, 1.807) is 12.4 Å². The van der Waals surface area contributed by atoms with Crippen molar-refractivity contribution in [2.24, 2.45) is 12.8 Å². The molecule has 1 saturated heterocycles. The number of carbonyl (C=O) groups excluding carboxylic acids is 2. The Hall–Kier alpha value is -3.16. The van der Waals surface area contributed by atoms with Gasteiger partial charge in [-0.2, -0.15) is 5.10 Å². The van der Waals surface area contributed by atoms with Gasteiger partial charge in [0.1, 0.15) is 5.69 Å². The summed E-state index contributed by atoms with van der Waals surface area (Å²) < 4.78 is 1.93. The van der Waals surface area contributed by atoms with Crippen LogP contribution < -0.4 is 5.73 Å². The van der Waals surface area contributed by atoms with Crippen LogP contribution in [0.1, 0.15) is 45.3 Å². The smallest absolute Gasteiger partial charge is 0.269 e. The first kappa shape index (κ1) is 16.3. The van der Waals surface area contributed by atoms with Crippen LogP contribution in [0, 0.1) is 0 Å². The van der Waals surface area contributed by atoms with Crippen LogP contribution in [0.3, 0.4) is 0 Å². The summed E-state index contributed by atoms with van der Waals surface area (Å²) in [7, 11) is 1.93. The van der Waals surface area contributed by atoms with Gasteiger partial charge in [0.15, 0.2) is 0 Å². The fourth-order valence-electron chi connectivity index (χ4n) is 3.54. The van der Waals surface area contributed by atoms with E-state index in [-0.39, 0.29) is 17.5 Å². The molecule has 1 atom stereocenters. The largest absolute Gasteiger partial charge is 0.364 e. The maximum atomic E-state index is 12.9. The number of nitrogens with one attached hydrogen (secondary N) is 1. The number of rotatable bonds is 3. The Kier molecular flexibility index (Phi) is 3.95. The first-order valence-corrected chi connectivity index (χ1v) is 8.58. The van der Waals surface area contributed by atoms with E-state index in [1.165, 1.54) is 0 Å². The van der Waals surface area contributed by atoms with Gasteiger partial charge >= 0.3 is 0 Å². The highest BCUT2D eigenvalue weighted by Gasteiger charge is 2.27. The minimum Gasteiger partial charge on any atom is -0.364 e. The summed E-state index contributed by atoms with van der Waals surface area (Å²) in [5.41, 5.74) is 8.78. The number of primary amides is 1. The lowest BCUT2D eigenvalue weighted by atomic mass is 9.94. The molecule has 0 radical (unpaired) electrons. The number of aromatic amines is 1. The van der Waals surface area contributed by atoms with Crippen molar-refractivity contribution in [1.82, 2.24) is 24.6 Å². The third kappa shape index (κ3) is 2.83. The molecule has 2 amide bonds. The molecule has 26 heavy (non-hydrogen) atoms. The van der Waals surface area contributed by atoms with Crippen LogP contribution in [0.4, 0.5) is 0 Å². The highest BCUT2D eigenvalue weighted by molar-refractivity contribution is 5.97. The van der Waals surface area contributed by atoms with Crippen molar-refractivity contribution in [1.29, 1.82) is 0 Å². The monoisotopic (exact) mass is 352 g/mol. The van der Waals surface area contributed by atoms with E-state index in [9.17, 15) is 9.59 Å². The fraction of sp³-hybridized carbons (Fsp3) is 0.333. The molecule has 0 spiro atoms. The summed E-state index contributed by atoms with van der Waals surface area (Å²) in [6.07, 6.45) is 3.57. The molecule has 0 aliphatic carbocycles. The predicted octanol–water partition coefficient (Wildman–Crippen LogP) is 1.42. The Morgan fingerprint density at radius 2 is 2.15 bits per heavy atom. The third-order valence-electron chi connectivity index (χ3n) is 4.97. The lowest BCUT2D eigenvalue weighted by molar-refractivity contribution is 0.0705. The third-order valence-corrected chi connectivity index (χ3v) is 4.97. The van der Waals surface area contributed by atoms with Gasteiger partial charge in [-0.15, -0.1) is 0 Å². The molecule has 3 aromatic rings. The van der Waals surface area contributed by atoms with Gasteiger partial charge in [-0.25, -0.2) is 4.98 Å². The van der Waals surface area contributed by atoms with Gasteiger partial charge in [-0.3, -0.25) is 14.7 Å². The first-order valence-electron chi connectivity index (χ1n) is 8.58. The number of imidazole rings is 1. The Morgan fingerprint density at radius 3 is 2.92 bits per heavy atom. The van der Waals surface area contributed by atoms with Crippen LogP contribution in [0.25, 0.3) is 11.0 Å². The zero-order valence-corrected chi connectivity index (χ0v) is 14.5. The number of piperidine rings is 1. The number of nitrogens with two attached hydrogens (primary N) is 1. The number of benzene rings is 1. The Balaban J connectivity index is 1.54. The summed E-state index contributed by atoms with van der Waals surface area (Å²) in [5, 5.41) is 6.82. The van der Waals surface area contributed by atoms with Gasteiger partial charge in [0.2, 0.25) is 0 Å². The molecule has 134 valence electrons. The molecule has 1 fully saturated rings. The molecule has 0 saturated carbocycles. The quantitative estimate of drug-likeness (QED) is 0.742. The molecule has 2 aromatic heterocycles. The van der Waals surface area contributed by atoms with Crippen molar-refractivity contribution in [3.8, 4) is 0 Å². The van der Waals surface area contributed by atoms with Crippen LogP contribution >= 0.6 is 0 Å². The van der Waals surface area contributed by atoms with Gasteiger partial charge in [0.25, 0.3) is 11.8 Å². The maximum Gasteiger partial charge on any atom is 0.269 e. The molecule has 8 nitrogen and oxygen atoms in total. The lowest BCUT2D eigenvalue weighted by Crippen LogP contribution is -2.39. The summed E-state index contributed by atoms with van der Waals surface area (Å²) in [6, 6.07) is 7.28. The minimum atomic E-state index is -0.556. The standard InChI is InChI=1S/C18H20N6O2/c1-23-10-20-14-7-11(4-5-16(14)23)18(26)24-6-2-3-12(9-24)13-8-15(17(19)25)22-21-13/h4-5,7-8,10,12H,2-3,6,9H2,1H3,(H2,19,25)(H,21,22). The van der Waals surface area contributed by atoms with Crippen molar-refractivity contribution < 1.29 is 9.59 Å². The van der Waals surface area contributed by atoms with Crippen molar-refractivity contribution in [2.45, 2.75) is 18.8 Å². The fourth-order valence-corrected chi connectivity index (χ4v) is 3.54. The van der Waals surface area contributed by atoms with Crippen molar-refractivity contribution in [3.63, 3.8) is 0 Å². The van der Waals surface area contributed by atoms with Crippen LogP contribution in [0.15, 0.2) is 30.6 Å². The molecule has 3 heterocycles. The summed E-state index contributed by atoms with van der Waals surface area (Å²) in [6.45, 7) is 1.30. The number of fused-ring (bicyclic) bond motifs is 1. The van der Waals surface area contributed by atoms with Gasteiger partial charge in [0, 0.05) is 37.3 Å². The average molecular weight is 352 g/mol. The van der Waals surface area contributed by atoms with Crippen molar-refractivity contribution in [2.75, 3.05) is 13.1 Å². The molecule has 1 unspecified atom stereocenters. The minimum absolute atomic E-state index is 0.00288. The molecule has 3 N–H and O–H groups in total. The second-order valence-corrected chi connectivity index (χ2v) is 6.72. The maximum absolute atomic E-state index is 12.9. The molecule has 4 rings (SSSR count). The van der Waals surface area contributed by atoms with Gasteiger partial charge < -0.3 is 15.2 Å². The van der Waals surface area contributed by atoms with E-state index in [4.69, 9.17) is 5.73 Å². The SMILES string of the molecule is Cn1cnc2cc(C(=O)N3CCCC(c4cc(C(N)=O)n[nH]4)C3)ccc21. The van der Waals surface area contributed by atoms with Crippen LogP contribution in [0.5, 0.6) is 0 Å². The Labute approximate surface area is 150 Å². The highest BCUT2D eigenvalue weighted by atomic mass is 16.2. The highest BCUT2D eigenvalue weighted by Crippen LogP contribution is 2.27. The number of hydrogen-bond donors (Lipinski definition) is 2. The average Bonchev–Trinajstić information content (AvgIpc) is 3.29. The molecular formula is C18H20N6O2. The summed E-state index contributed by atoms with van der Waals surface area (Å²) in [4.78, 5) is 30.3. The topological polar surface area (TPSA) is 110 Å². The van der Waals surface area contributed by atoms with Gasteiger partial charge in [-0.1, -0.05) is 0 Å². The van der Waals surface area contributed by atoms with E-state index >= 15 is 0 Å². The van der Waals surface area contributed by atoms with Gasteiger partial charge in [-0.05, 0) is 37.1 Å². The normalized spacial score (nSPS) is 17.6. The summed E-state index contributed by atoms with van der Waals surface area (Å²) >= 11 is 0. The molecule has 1 aliphatic rings. The van der Waals surface area contributed by atoms with Crippen LogP contribution in [-0.2, 0) is 7.05 Å². The van der Waals surface area contributed by atoms with Crippen molar-refractivity contribution in [3.05, 3.63) is 47.5 Å². The number of amides is 2. The second kappa shape index (κ2) is 6.29. The molecule has 0 bridgehead atoms.